The quantitative estimate of drug-likeness (QED) is 0.579. The second-order valence-electron chi connectivity index (χ2n) is 3.92. The van der Waals surface area contributed by atoms with Gasteiger partial charge in [0.15, 0.2) is 0 Å². The van der Waals surface area contributed by atoms with Crippen molar-refractivity contribution in [2.24, 2.45) is 0 Å². The fraction of sp³-hybridized carbons (Fsp3) is 0.308. The molecule has 0 aliphatic rings. The summed E-state index contributed by atoms with van der Waals surface area (Å²) in [6, 6.07) is 9.24. The largest absolute Gasteiger partial charge is 0.337 e. The standard InChI is InChI=1S/C13H12N4O3/c14-6-2-8-16(9-3-7-15)13(18)11-4-1-5-12(10-11)17(19)20/h1,4-5,10H,2-3,8-9H2. The highest BCUT2D eigenvalue weighted by Crippen LogP contribution is 2.15. The molecule has 0 aliphatic carbocycles. The summed E-state index contributed by atoms with van der Waals surface area (Å²) in [6.07, 6.45) is 0.290. The average Bonchev–Trinajstić information content (AvgIpc) is 2.47. The lowest BCUT2D eigenvalue weighted by Gasteiger charge is -2.20. The molecule has 1 amide bonds. The van der Waals surface area contributed by atoms with E-state index < -0.39 is 10.8 Å². The van der Waals surface area contributed by atoms with Gasteiger partial charge >= 0.3 is 0 Å². The molecule has 0 N–H and O–H groups in total. The van der Waals surface area contributed by atoms with E-state index in [-0.39, 0.29) is 37.2 Å². The highest BCUT2D eigenvalue weighted by Gasteiger charge is 2.17. The summed E-state index contributed by atoms with van der Waals surface area (Å²) in [5, 5.41) is 27.8. The SMILES string of the molecule is N#CCCN(CCC#N)C(=O)c1cccc([N+](=O)[O-])c1. The molecule has 0 aliphatic heterocycles. The third-order valence-electron chi connectivity index (χ3n) is 2.58. The number of amides is 1. The van der Waals surface area contributed by atoms with Crippen LogP contribution in [-0.4, -0.2) is 28.8 Å². The summed E-state index contributed by atoms with van der Waals surface area (Å²) in [5.41, 5.74) is 0.00597. The molecular formula is C13H12N4O3. The van der Waals surface area contributed by atoms with Crippen molar-refractivity contribution in [1.82, 2.24) is 4.90 Å². The third kappa shape index (κ3) is 4.07. The van der Waals surface area contributed by atoms with Crippen molar-refractivity contribution in [3.63, 3.8) is 0 Å². The number of nitriles is 2. The lowest BCUT2D eigenvalue weighted by molar-refractivity contribution is -0.384. The molecule has 0 heterocycles. The second-order valence-corrected chi connectivity index (χ2v) is 3.92. The Labute approximate surface area is 115 Å². The molecule has 7 heteroatoms. The van der Waals surface area contributed by atoms with Gasteiger partial charge in [0.25, 0.3) is 11.6 Å². The zero-order valence-corrected chi connectivity index (χ0v) is 10.7. The van der Waals surface area contributed by atoms with E-state index in [1.807, 2.05) is 12.1 Å². The average molecular weight is 272 g/mol. The normalized spacial score (nSPS) is 9.30. The monoisotopic (exact) mass is 272 g/mol. The van der Waals surface area contributed by atoms with Crippen molar-refractivity contribution in [3.05, 3.63) is 39.9 Å². The number of hydrogen-bond donors (Lipinski definition) is 0. The molecule has 0 bridgehead atoms. The number of nitro benzene ring substituents is 1. The van der Waals surface area contributed by atoms with Gasteiger partial charge in [0.1, 0.15) is 0 Å². The number of non-ortho nitro benzene ring substituents is 1. The molecule has 0 saturated carbocycles. The van der Waals surface area contributed by atoms with Crippen molar-refractivity contribution in [2.45, 2.75) is 12.8 Å². The number of rotatable bonds is 6. The van der Waals surface area contributed by atoms with Gasteiger partial charge in [-0.3, -0.25) is 14.9 Å². The minimum Gasteiger partial charge on any atom is -0.337 e. The van der Waals surface area contributed by atoms with Crippen LogP contribution in [0.15, 0.2) is 24.3 Å². The molecule has 0 saturated heterocycles. The summed E-state index contributed by atoms with van der Waals surface area (Å²) in [5.74, 6) is -0.417. The summed E-state index contributed by atoms with van der Waals surface area (Å²) >= 11 is 0. The Morgan fingerprint density at radius 3 is 2.35 bits per heavy atom. The molecule has 1 aromatic carbocycles. The van der Waals surface area contributed by atoms with Gasteiger partial charge < -0.3 is 4.90 Å². The molecule has 0 spiro atoms. The Bertz CT molecular complexity index is 568. The van der Waals surface area contributed by atoms with E-state index in [0.717, 1.165) is 0 Å². The predicted octanol–water partition coefficient (Wildman–Crippen LogP) is 1.86. The number of carbonyl (C=O) groups excluding carboxylic acids is 1. The number of nitro groups is 1. The minimum atomic E-state index is -0.578. The molecule has 20 heavy (non-hydrogen) atoms. The van der Waals surface area contributed by atoms with Gasteiger partial charge in [-0.25, -0.2) is 0 Å². The number of carbonyl (C=O) groups is 1. The zero-order valence-electron chi connectivity index (χ0n) is 10.7. The highest BCUT2D eigenvalue weighted by molar-refractivity contribution is 5.94. The molecule has 7 nitrogen and oxygen atoms in total. The van der Waals surface area contributed by atoms with Crippen molar-refractivity contribution >= 4 is 11.6 Å². The number of nitrogens with zero attached hydrogens (tertiary/aromatic N) is 4. The highest BCUT2D eigenvalue weighted by atomic mass is 16.6. The smallest absolute Gasteiger partial charge is 0.270 e. The van der Waals surface area contributed by atoms with Crippen LogP contribution in [0.5, 0.6) is 0 Å². The summed E-state index contributed by atoms with van der Waals surface area (Å²) in [4.78, 5) is 23.7. The van der Waals surface area contributed by atoms with Crippen LogP contribution in [-0.2, 0) is 0 Å². The molecule has 0 fully saturated rings. The lowest BCUT2D eigenvalue weighted by Crippen LogP contribution is -2.32. The summed E-state index contributed by atoms with van der Waals surface area (Å²) in [7, 11) is 0. The van der Waals surface area contributed by atoms with E-state index >= 15 is 0 Å². The van der Waals surface area contributed by atoms with E-state index in [9.17, 15) is 14.9 Å². The molecule has 0 unspecified atom stereocenters. The van der Waals surface area contributed by atoms with Crippen LogP contribution in [0.3, 0.4) is 0 Å². The maximum atomic E-state index is 12.2. The Balaban J connectivity index is 2.93. The number of benzene rings is 1. The predicted molar refractivity (Wildman–Crippen MR) is 69.5 cm³/mol. The zero-order chi connectivity index (χ0) is 15.0. The summed E-state index contributed by atoms with van der Waals surface area (Å²) in [6.45, 7) is 0.388. The number of hydrogen-bond acceptors (Lipinski definition) is 5. The minimum absolute atomic E-state index is 0.145. The van der Waals surface area contributed by atoms with Crippen molar-refractivity contribution < 1.29 is 9.72 Å². The van der Waals surface area contributed by atoms with Crippen LogP contribution >= 0.6 is 0 Å². The molecule has 0 atom stereocenters. The molecule has 1 aromatic rings. The van der Waals surface area contributed by atoms with Crippen LogP contribution in [0.1, 0.15) is 23.2 Å². The summed E-state index contributed by atoms with van der Waals surface area (Å²) < 4.78 is 0. The molecule has 102 valence electrons. The molecule has 1 rings (SSSR count). The fourth-order valence-corrected chi connectivity index (χ4v) is 1.62. The first-order valence-corrected chi connectivity index (χ1v) is 5.87. The van der Waals surface area contributed by atoms with Gasteiger partial charge in [0.05, 0.1) is 29.9 Å². The molecule has 0 radical (unpaired) electrons. The van der Waals surface area contributed by atoms with Gasteiger partial charge in [0, 0.05) is 30.8 Å². The first-order chi connectivity index (χ1) is 9.60. The van der Waals surface area contributed by atoms with Crippen LogP contribution in [0, 0.1) is 32.8 Å². The van der Waals surface area contributed by atoms with E-state index in [2.05, 4.69) is 0 Å². The van der Waals surface area contributed by atoms with Gasteiger partial charge in [-0.15, -0.1) is 0 Å². The molecule has 0 aromatic heterocycles. The van der Waals surface area contributed by atoms with Gasteiger partial charge in [-0.05, 0) is 6.07 Å². The van der Waals surface area contributed by atoms with Gasteiger partial charge in [-0.1, -0.05) is 6.07 Å². The van der Waals surface area contributed by atoms with Crippen molar-refractivity contribution in [3.8, 4) is 12.1 Å². The maximum Gasteiger partial charge on any atom is 0.270 e. The Morgan fingerprint density at radius 2 is 1.85 bits per heavy atom. The maximum absolute atomic E-state index is 12.2. The van der Waals surface area contributed by atoms with Gasteiger partial charge in [0.2, 0.25) is 0 Å². The first-order valence-electron chi connectivity index (χ1n) is 5.87. The topological polar surface area (TPSA) is 111 Å². The van der Waals surface area contributed by atoms with Crippen LogP contribution < -0.4 is 0 Å². The van der Waals surface area contributed by atoms with Crippen LogP contribution in [0.25, 0.3) is 0 Å². The Hall–Kier alpha value is -2.93. The van der Waals surface area contributed by atoms with Crippen LogP contribution in [0.2, 0.25) is 0 Å². The Morgan fingerprint density at radius 1 is 1.25 bits per heavy atom. The lowest BCUT2D eigenvalue weighted by atomic mass is 10.1. The van der Waals surface area contributed by atoms with E-state index in [0.29, 0.717) is 0 Å². The third-order valence-corrected chi connectivity index (χ3v) is 2.58. The van der Waals surface area contributed by atoms with E-state index in [1.54, 1.807) is 0 Å². The fourth-order valence-electron chi connectivity index (χ4n) is 1.62. The Kier molecular flexibility index (Phi) is 5.67. The molecular weight excluding hydrogens is 260 g/mol. The first kappa shape index (κ1) is 15.1. The van der Waals surface area contributed by atoms with E-state index in [4.69, 9.17) is 10.5 Å². The van der Waals surface area contributed by atoms with E-state index in [1.165, 1.54) is 29.2 Å². The van der Waals surface area contributed by atoms with Crippen molar-refractivity contribution in [2.75, 3.05) is 13.1 Å². The van der Waals surface area contributed by atoms with Crippen molar-refractivity contribution in [1.29, 1.82) is 10.5 Å². The van der Waals surface area contributed by atoms with Gasteiger partial charge in [-0.2, -0.15) is 10.5 Å². The second kappa shape index (κ2) is 7.49. The van der Waals surface area contributed by atoms with Crippen LogP contribution in [0.4, 0.5) is 5.69 Å².